The van der Waals surface area contributed by atoms with Crippen LogP contribution in [0.25, 0.3) is 0 Å². The highest BCUT2D eigenvalue weighted by atomic mass is 16.6. The summed E-state index contributed by atoms with van der Waals surface area (Å²) in [5, 5.41) is 14.3. The predicted octanol–water partition coefficient (Wildman–Crippen LogP) is 2.26. The van der Waals surface area contributed by atoms with E-state index in [0.29, 0.717) is 11.3 Å². The maximum absolute atomic E-state index is 11.6. The Hall–Kier alpha value is -2.96. The van der Waals surface area contributed by atoms with Crippen molar-refractivity contribution in [3.8, 4) is 0 Å². The van der Waals surface area contributed by atoms with Crippen LogP contribution in [0.15, 0.2) is 45.9 Å². The van der Waals surface area contributed by atoms with Crippen LogP contribution in [0.1, 0.15) is 21.9 Å². The van der Waals surface area contributed by atoms with E-state index in [4.69, 9.17) is 4.42 Å². The van der Waals surface area contributed by atoms with Gasteiger partial charge >= 0.3 is 5.91 Å². The number of non-ortho nitro benzene ring substituents is 1. The van der Waals surface area contributed by atoms with Crippen LogP contribution in [-0.2, 0) is 0 Å². The van der Waals surface area contributed by atoms with Crippen LogP contribution in [-0.4, -0.2) is 17.0 Å². The molecule has 0 aliphatic rings. The summed E-state index contributed by atoms with van der Waals surface area (Å²) in [6.07, 6.45) is 1.32. The van der Waals surface area contributed by atoms with Gasteiger partial charge in [0.05, 0.1) is 11.1 Å². The fraction of sp³-hybridized carbons (Fsp3) is 0.0769. The summed E-state index contributed by atoms with van der Waals surface area (Å²) in [7, 11) is 0. The summed E-state index contributed by atoms with van der Waals surface area (Å²) in [5.74, 6) is 0.288. The molecule has 0 aliphatic carbocycles. The van der Waals surface area contributed by atoms with Crippen LogP contribution in [0.4, 0.5) is 5.69 Å². The number of furan rings is 1. The molecule has 1 aromatic heterocycles. The number of nitro groups is 1. The third-order valence-electron chi connectivity index (χ3n) is 2.42. The number of hydrogen-bond acceptors (Lipinski definition) is 5. The molecule has 20 heavy (non-hydrogen) atoms. The molecule has 0 aliphatic heterocycles. The number of benzene rings is 1. The number of carbonyl (C=O) groups excluding carboxylic acids is 1. The molecule has 102 valence electrons. The van der Waals surface area contributed by atoms with Gasteiger partial charge in [-0.3, -0.25) is 14.9 Å². The zero-order valence-corrected chi connectivity index (χ0v) is 10.6. The van der Waals surface area contributed by atoms with Crippen LogP contribution in [0.2, 0.25) is 0 Å². The van der Waals surface area contributed by atoms with Gasteiger partial charge < -0.3 is 4.42 Å². The molecule has 2 aromatic rings. The third kappa shape index (κ3) is 3.29. The highest BCUT2D eigenvalue weighted by Crippen LogP contribution is 2.11. The highest BCUT2D eigenvalue weighted by molar-refractivity contribution is 5.92. The molecule has 7 heteroatoms. The fourth-order valence-electron chi connectivity index (χ4n) is 1.50. The lowest BCUT2D eigenvalue weighted by Gasteiger charge is -1.96. The molecule has 0 bridgehead atoms. The molecule has 1 aromatic carbocycles. The zero-order valence-electron chi connectivity index (χ0n) is 10.6. The van der Waals surface area contributed by atoms with Crippen LogP contribution in [0.5, 0.6) is 0 Å². The number of hydrogen-bond donors (Lipinski definition) is 1. The number of rotatable bonds is 4. The Kier molecular flexibility index (Phi) is 3.90. The Balaban J connectivity index is 2.01. The lowest BCUT2D eigenvalue weighted by molar-refractivity contribution is -0.384. The quantitative estimate of drug-likeness (QED) is 0.524. The Morgan fingerprint density at radius 2 is 2.20 bits per heavy atom. The molecule has 1 N–H and O–H groups in total. The second-order valence-corrected chi connectivity index (χ2v) is 3.96. The minimum atomic E-state index is -0.498. The van der Waals surface area contributed by atoms with E-state index < -0.39 is 10.8 Å². The SMILES string of the molecule is Cc1ccc(C(=O)N/N=C/c2cccc([N+](=O)[O-])c2)o1. The van der Waals surface area contributed by atoms with E-state index in [0.717, 1.165) is 0 Å². The third-order valence-corrected chi connectivity index (χ3v) is 2.42. The van der Waals surface area contributed by atoms with E-state index in [1.54, 1.807) is 19.1 Å². The largest absolute Gasteiger partial charge is 0.456 e. The molecule has 0 radical (unpaired) electrons. The minimum absolute atomic E-state index is 0.0399. The number of amides is 1. The molecule has 0 saturated heterocycles. The first-order valence-corrected chi connectivity index (χ1v) is 5.70. The molecule has 1 heterocycles. The molecular formula is C13H11N3O4. The van der Waals surface area contributed by atoms with Crippen molar-refractivity contribution >= 4 is 17.8 Å². The molecule has 0 atom stereocenters. The molecule has 1 amide bonds. The Labute approximate surface area is 114 Å². The zero-order chi connectivity index (χ0) is 14.5. The Morgan fingerprint density at radius 1 is 1.40 bits per heavy atom. The monoisotopic (exact) mass is 273 g/mol. The first-order valence-electron chi connectivity index (χ1n) is 5.70. The van der Waals surface area contributed by atoms with Gasteiger partial charge in [0.1, 0.15) is 5.76 Å². The van der Waals surface area contributed by atoms with E-state index in [-0.39, 0.29) is 11.4 Å². The average molecular weight is 273 g/mol. The van der Waals surface area contributed by atoms with Gasteiger partial charge in [-0.05, 0) is 19.1 Å². The van der Waals surface area contributed by atoms with Crippen LogP contribution >= 0.6 is 0 Å². The molecule has 2 rings (SSSR count). The normalized spacial score (nSPS) is 10.7. The van der Waals surface area contributed by atoms with Gasteiger partial charge in [0.2, 0.25) is 0 Å². The van der Waals surface area contributed by atoms with Crippen molar-refractivity contribution in [3.05, 3.63) is 63.6 Å². The summed E-state index contributed by atoms with van der Waals surface area (Å²) in [4.78, 5) is 21.7. The number of nitrogens with one attached hydrogen (secondary N) is 1. The summed E-state index contributed by atoms with van der Waals surface area (Å²) in [6, 6.07) is 9.11. The summed E-state index contributed by atoms with van der Waals surface area (Å²) in [5.41, 5.74) is 2.75. The van der Waals surface area contributed by atoms with Gasteiger partial charge in [-0.2, -0.15) is 5.10 Å². The number of carbonyl (C=O) groups is 1. The molecule has 0 saturated carbocycles. The van der Waals surface area contributed by atoms with Gasteiger partial charge in [-0.25, -0.2) is 5.43 Å². The van der Waals surface area contributed by atoms with Crippen molar-refractivity contribution in [3.63, 3.8) is 0 Å². The average Bonchev–Trinajstić information content (AvgIpc) is 2.86. The predicted molar refractivity (Wildman–Crippen MR) is 71.6 cm³/mol. The van der Waals surface area contributed by atoms with Crippen molar-refractivity contribution < 1.29 is 14.1 Å². The molecule has 0 unspecified atom stereocenters. The van der Waals surface area contributed by atoms with E-state index in [2.05, 4.69) is 10.5 Å². The lowest BCUT2D eigenvalue weighted by atomic mass is 10.2. The van der Waals surface area contributed by atoms with Crippen LogP contribution < -0.4 is 5.43 Å². The number of nitro benzene ring substituents is 1. The van der Waals surface area contributed by atoms with E-state index in [1.807, 2.05) is 0 Å². The lowest BCUT2D eigenvalue weighted by Crippen LogP contribution is -2.16. The van der Waals surface area contributed by atoms with Crippen molar-refractivity contribution in [2.45, 2.75) is 6.92 Å². The van der Waals surface area contributed by atoms with Gasteiger partial charge in [-0.1, -0.05) is 12.1 Å². The summed E-state index contributed by atoms with van der Waals surface area (Å²) >= 11 is 0. The smallest absolute Gasteiger partial charge is 0.307 e. The number of nitrogens with zero attached hydrogens (tertiary/aromatic N) is 2. The molecule has 0 fully saturated rings. The van der Waals surface area contributed by atoms with Crippen molar-refractivity contribution in [2.75, 3.05) is 0 Å². The molecular weight excluding hydrogens is 262 g/mol. The van der Waals surface area contributed by atoms with Gasteiger partial charge in [0.25, 0.3) is 5.69 Å². The topological polar surface area (TPSA) is 97.7 Å². The number of hydrazone groups is 1. The highest BCUT2D eigenvalue weighted by Gasteiger charge is 2.08. The van der Waals surface area contributed by atoms with Crippen LogP contribution in [0.3, 0.4) is 0 Å². The first-order chi connectivity index (χ1) is 9.56. The standard InChI is InChI=1S/C13H11N3O4/c1-9-5-6-12(20-9)13(17)15-14-8-10-3-2-4-11(7-10)16(18)19/h2-8H,1H3,(H,15,17)/b14-8+. The summed E-state index contributed by atoms with van der Waals surface area (Å²) in [6.45, 7) is 1.73. The van der Waals surface area contributed by atoms with Gasteiger partial charge in [0, 0.05) is 17.7 Å². The Bertz CT molecular complexity index is 676. The number of aryl methyl sites for hydroxylation is 1. The van der Waals surface area contributed by atoms with Crippen molar-refractivity contribution in [2.24, 2.45) is 5.10 Å². The van der Waals surface area contributed by atoms with E-state index >= 15 is 0 Å². The molecule has 0 spiro atoms. The maximum atomic E-state index is 11.6. The minimum Gasteiger partial charge on any atom is -0.456 e. The van der Waals surface area contributed by atoms with Gasteiger partial charge in [0.15, 0.2) is 5.76 Å². The maximum Gasteiger partial charge on any atom is 0.307 e. The fourth-order valence-corrected chi connectivity index (χ4v) is 1.50. The first kappa shape index (κ1) is 13.5. The second kappa shape index (κ2) is 5.79. The van der Waals surface area contributed by atoms with Gasteiger partial charge in [-0.15, -0.1) is 0 Å². The Morgan fingerprint density at radius 3 is 2.85 bits per heavy atom. The molecule has 7 nitrogen and oxygen atoms in total. The summed E-state index contributed by atoms with van der Waals surface area (Å²) < 4.78 is 5.12. The second-order valence-electron chi connectivity index (χ2n) is 3.96. The van der Waals surface area contributed by atoms with Crippen LogP contribution in [0, 0.1) is 17.0 Å². The van der Waals surface area contributed by atoms with E-state index in [9.17, 15) is 14.9 Å². The van der Waals surface area contributed by atoms with Crippen molar-refractivity contribution in [1.82, 2.24) is 5.43 Å². The van der Waals surface area contributed by atoms with E-state index in [1.165, 1.54) is 30.5 Å². The van der Waals surface area contributed by atoms with Crippen molar-refractivity contribution in [1.29, 1.82) is 0 Å².